The van der Waals surface area contributed by atoms with E-state index in [0.717, 1.165) is 46.6 Å². The van der Waals surface area contributed by atoms with E-state index >= 15 is 0 Å². The molecule has 1 spiro atoms. The van der Waals surface area contributed by atoms with Crippen LogP contribution in [0.3, 0.4) is 0 Å². The van der Waals surface area contributed by atoms with Crippen molar-refractivity contribution in [2.75, 3.05) is 6.61 Å². The molecule has 1 saturated carbocycles. The molecular formula is C24H19N3O2. The van der Waals surface area contributed by atoms with E-state index in [2.05, 4.69) is 10.9 Å². The molecule has 2 aliphatic rings. The predicted molar refractivity (Wildman–Crippen MR) is 110 cm³/mol. The molecule has 5 rings (SSSR count). The second-order valence-corrected chi connectivity index (χ2v) is 7.27. The number of imidazole rings is 1. The van der Waals surface area contributed by atoms with Crippen LogP contribution in [-0.2, 0) is 10.3 Å². The van der Waals surface area contributed by atoms with Gasteiger partial charge in [0.15, 0.2) is 5.69 Å². The Morgan fingerprint density at radius 1 is 1.24 bits per heavy atom. The minimum Gasteiger partial charge on any atom is -0.461 e. The molecule has 142 valence electrons. The molecule has 0 unspecified atom stereocenters. The number of aromatic nitrogens is 2. The summed E-state index contributed by atoms with van der Waals surface area (Å²) in [4.78, 5) is 22.2. The highest BCUT2D eigenvalue weighted by Crippen LogP contribution is 2.53. The van der Waals surface area contributed by atoms with Gasteiger partial charge in [0.1, 0.15) is 11.9 Å². The number of nitrogens with zero attached hydrogens (tertiary/aromatic N) is 3. The van der Waals surface area contributed by atoms with E-state index in [-0.39, 0.29) is 0 Å². The number of fused-ring (bicyclic) bond motifs is 4. The van der Waals surface area contributed by atoms with Crippen LogP contribution in [0.15, 0.2) is 59.9 Å². The van der Waals surface area contributed by atoms with Gasteiger partial charge in [-0.2, -0.15) is 0 Å². The van der Waals surface area contributed by atoms with Gasteiger partial charge in [-0.05, 0) is 38.0 Å². The first kappa shape index (κ1) is 17.4. The van der Waals surface area contributed by atoms with Gasteiger partial charge in [0.05, 0.1) is 23.7 Å². The molecule has 0 atom stereocenters. The fourth-order valence-electron chi connectivity index (χ4n) is 3.96. The number of hydrogen-bond donors (Lipinski definition) is 0. The second kappa shape index (κ2) is 6.46. The molecule has 29 heavy (non-hydrogen) atoms. The lowest BCUT2D eigenvalue weighted by Gasteiger charge is -2.13. The summed E-state index contributed by atoms with van der Waals surface area (Å²) < 4.78 is 7.24. The Bertz CT molecular complexity index is 1190. The molecule has 0 bridgehead atoms. The van der Waals surface area contributed by atoms with Gasteiger partial charge < -0.3 is 4.74 Å². The van der Waals surface area contributed by atoms with Crippen LogP contribution in [0.1, 0.15) is 52.6 Å². The van der Waals surface area contributed by atoms with Crippen LogP contribution in [0.2, 0.25) is 0 Å². The molecule has 1 aromatic heterocycles. The van der Waals surface area contributed by atoms with Crippen LogP contribution in [0.5, 0.6) is 0 Å². The SMILES string of the molecule is C#Cc1ccc2c(c1)C(c1ccccc1)=NC1(CC1)c1c(C(=O)OCC)ncn1-2. The number of esters is 1. The van der Waals surface area contributed by atoms with Gasteiger partial charge in [-0.1, -0.05) is 36.3 Å². The molecular weight excluding hydrogens is 362 g/mol. The van der Waals surface area contributed by atoms with Crippen molar-refractivity contribution >= 4 is 11.7 Å². The van der Waals surface area contributed by atoms with Gasteiger partial charge in [-0.25, -0.2) is 9.78 Å². The Hall–Kier alpha value is -3.65. The smallest absolute Gasteiger partial charge is 0.358 e. The van der Waals surface area contributed by atoms with Gasteiger partial charge in [0.2, 0.25) is 0 Å². The zero-order valence-electron chi connectivity index (χ0n) is 16.1. The van der Waals surface area contributed by atoms with E-state index in [0.29, 0.717) is 12.3 Å². The molecule has 2 aromatic carbocycles. The number of carbonyl (C=O) groups excluding carboxylic acids is 1. The Morgan fingerprint density at radius 2 is 2.03 bits per heavy atom. The summed E-state index contributed by atoms with van der Waals surface area (Å²) in [5, 5.41) is 0. The van der Waals surface area contributed by atoms with Gasteiger partial charge in [-0.15, -0.1) is 6.42 Å². The fraction of sp³-hybridized carbons (Fsp3) is 0.208. The van der Waals surface area contributed by atoms with Crippen LogP contribution in [-0.4, -0.2) is 27.8 Å². The third-order valence-electron chi connectivity index (χ3n) is 5.45. The Balaban J connectivity index is 1.81. The van der Waals surface area contributed by atoms with Crippen molar-refractivity contribution in [1.82, 2.24) is 9.55 Å². The van der Waals surface area contributed by atoms with Crippen molar-refractivity contribution in [3.63, 3.8) is 0 Å². The second-order valence-electron chi connectivity index (χ2n) is 7.27. The average Bonchev–Trinajstić information content (AvgIpc) is 3.42. The normalized spacial score (nSPS) is 15.5. The largest absolute Gasteiger partial charge is 0.461 e. The summed E-state index contributed by atoms with van der Waals surface area (Å²) in [5.74, 6) is 2.31. The first-order valence-corrected chi connectivity index (χ1v) is 9.68. The standard InChI is InChI=1S/C24H19N3O2/c1-3-16-10-11-19-18(14-16)20(17-8-6-5-7-9-17)26-24(12-13-24)22-21(23(28)29-4-2)25-15-27(19)22/h1,5-11,14-15H,4,12-13H2,2H3. The average molecular weight is 381 g/mol. The molecule has 2 heterocycles. The zero-order chi connectivity index (χ0) is 20.0. The lowest BCUT2D eigenvalue weighted by Crippen LogP contribution is -2.16. The van der Waals surface area contributed by atoms with E-state index in [4.69, 9.17) is 16.2 Å². The molecule has 0 amide bonds. The highest BCUT2D eigenvalue weighted by Gasteiger charge is 2.51. The maximum absolute atomic E-state index is 12.6. The van der Waals surface area contributed by atoms with E-state index in [1.165, 1.54) is 0 Å². The van der Waals surface area contributed by atoms with Crippen LogP contribution in [0.25, 0.3) is 5.69 Å². The van der Waals surface area contributed by atoms with Crippen LogP contribution >= 0.6 is 0 Å². The van der Waals surface area contributed by atoms with Gasteiger partial charge >= 0.3 is 5.97 Å². The van der Waals surface area contributed by atoms with E-state index < -0.39 is 11.5 Å². The van der Waals surface area contributed by atoms with Gasteiger partial charge in [0, 0.05) is 16.7 Å². The maximum Gasteiger partial charge on any atom is 0.358 e. The quantitative estimate of drug-likeness (QED) is 0.511. The molecule has 3 aromatic rings. The fourth-order valence-corrected chi connectivity index (χ4v) is 3.96. The highest BCUT2D eigenvalue weighted by atomic mass is 16.5. The Morgan fingerprint density at radius 3 is 2.72 bits per heavy atom. The third kappa shape index (κ3) is 2.68. The number of aliphatic imine (C=N–C) groups is 1. The maximum atomic E-state index is 12.6. The predicted octanol–water partition coefficient (Wildman–Crippen LogP) is 3.87. The van der Waals surface area contributed by atoms with Crippen LogP contribution < -0.4 is 0 Å². The summed E-state index contributed by atoms with van der Waals surface area (Å²) in [6.45, 7) is 2.10. The molecule has 0 radical (unpaired) electrons. The molecule has 1 aliphatic heterocycles. The molecule has 5 nitrogen and oxygen atoms in total. The molecule has 5 heteroatoms. The molecule has 1 aliphatic carbocycles. The third-order valence-corrected chi connectivity index (χ3v) is 5.45. The Kier molecular flexibility index (Phi) is 3.88. The first-order valence-electron chi connectivity index (χ1n) is 9.68. The number of benzene rings is 2. The van der Waals surface area contributed by atoms with Crippen molar-refractivity contribution in [3.8, 4) is 18.0 Å². The van der Waals surface area contributed by atoms with E-state index in [1.807, 2.05) is 53.1 Å². The van der Waals surface area contributed by atoms with E-state index in [9.17, 15) is 4.79 Å². The number of hydrogen-bond acceptors (Lipinski definition) is 4. The van der Waals surface area contributed by atoms with Crippen molar-refractivity contribution in [2.24, 2.45) is 4.99 Å². The molecule has 1 fully saturated rings. The van der Waals surface area contributed by atoms with Gasteiger partial charge in [0.25, 0.3) is 0 Å². The molecule has 0 N–H and O–H groups in total. The summed E-state index contributed by atoms with van der Waals surface area (Å²) in [6.07, 6.45) is 9.08. The lowest BCUT2D eigenvalue weighted by atomic mass is 9.98. The summed E-state index contributed by atoms with van der Waals surface area (Å²) >= 11 is 0. The summed E-state index contributed by atoms with van der Waals surface area (Å²) in [7, 11) is 0. The monoisotopic (exact) mass is 381 g/mol. The zero-order valence-corrected chi connectivity index (χ0v) is 16.1. The summed E-state index contributed by atoms with van der Waals surface area (Å²) in [6, 6.07) is 15.9. The Labute approximate surface area is 169 Å². The minimum atomic E-state index is -0.473. The van der Waals surface area contributed by atoms with Crippen molar-refractivity contribution in [1.29, 1.82) is 0 Å². The summed E-state index contributed by atoms with van der Waals surface area (Å²) in [5.41, 5.74) is 5.20. The van der Waals surface area contributed by atoms with Crippen LogP contribution in [0.4, 0.5) is 0 Å². The topological polar surface area (TPSA) is 56.5 Å². The molecule has 0 saturated heterocycles. The van der Waals surface area contributed by atoms with Crippen molar-refractivity contribution in [2.45, 2.75) is 25.3 Å². The number of carbonyl (C=O) groups is 1. The van der Waals surface area contributed by atoms with Crippen molar-refractivity contribution < 1.29 is 9.53 Å². The number of rotatable bonds is 3. The first-order chi connectivity index (χ1) is 14.2. The van der Waals surface area contributed by atoms with Gasteiger partial charge in [-0.3, -0.25) is 9.56 Å². The van der Waals surface area contributed by atoms with Crippen LogP contribution in [0, 0.1) is 12.3 Å². The minimum absolute atomic E-state index is 0.304. The lowest BCUT2D eigenvalue weighted by molar-refractivity contribution is 0.0517. The van der Waals surface area contributed by atoms with E-state index in [1.54, 1.807) is 13.3 Å². The number of ether oxygens (including phenoxy) is 1. The number of terminal acetylenes is 1. The highest BCUT2D eigenvalue weighted by molar-refractivity contribution is 6.16. The van der Waals surface area contributed by atoms with Crippen molar-refractivity contribution in [3.05, 3.63) is 82.9 Å².